The van der Waals surface area contributed by atoms with Crippen LogP contribution in [0.3, 0.4) is 0 Å². The van der Waals surface area contributed by atoms with Crippen LogP contribution < -0.4 is 5.73 Å². The molecule has 1 aromatic rings. The molecule has 0 aliphatic carbocycles. The highest BCUT2D eigenvalue weighted by atomic mass is 32.2. The van der Waals surface area contributed by atoms with Gasteiger partial charge < -0.3 is 10.3 Å². The Bertz CT molecular complexity index is 352. The van der Waals surface area contributed by atoms with Gasteiger partial charge in [0, 0.05) is 5.69 Å². The van der Waals surface area contributed by atoms with Gasteiger partial charge in [0.2, 0.25) is 0 Å². The summed E-state index contributed by atoms with van der Waals surface area (Å²) >= 11 is -0.956. The molecule has 0 aromatic heterocycles. The molecule has 1 rings (SSSR count). The summed E-state index contributed by atoms with van der Waals surface area (Å²) < 4.78 is 11.9. The zero-order valence-electron chi connectivity index (χ0n) is 9.41. The van der Waals surface area contributed by atoms with Crippen LogP contribution in [0, 0.1) is 0 Å². The molecule has 0 bridgehead atoms. The number of hydrogen-bond acceptors (Lipinski definition) is 2. The Hall–Kier alpha value is -0.930. The van der Waals surface area contributed by atoms with Gasteiger partial charge in [0.05, 0.1) is 0 Å². The first-order valence-electron chi connectivity index (χ1n) is 4.87. The van der Waals surface area contributed by atoms with E-state index in [0.29, 0.717) is 11.4 Å². The Morgan fingerprint density at radius 3 is 2.20 bits per heavy atom. The molecule has 0 aliphatic rings. The first-order chi connectivity index (χ1) is 7.00. The molecule has 2 N–H and O–H groups in total. The summed E-state index contributed by atoms with van der Waals surface area (Å²) in [6.07, 6.45) is 0. The van der Waals surface area contributed by atoms with Gasteiger partial charge in [-0.25, -0.2) is 0 Å². The minimum Gasteiger partial charge on any atom is -0.611 e. The van der Waals surface area contributed by atoms with Crippen molar-refractivity contribution in [1.29, 1.82) is 0 Å². The topological polar surface area (TPSA) is 49.1 Å². The van der Waals surface area contributed by atoms with Crippen molar-refractivity contribution in [3.63, 3.8) is 0 Å². The first-order valence-corrected chi connectivity index (χ1v) is 6.19. The summed E-state index contributed by atoms with van der Waals surface area (Å²) in [5, 5.41) is 0. The van der Waals surface area contributed by atoms with Crippen molar-refractivity contribution in [3.8, 4) is 0 Å². The third kappa shape index (κ3) is 3.61. The van der Waals surface area contributed by atoms with Gasteiger partial charge in [-0.15, -0.1) is 0 Å². The molecule has 0 aliphatic heterocycles. The molecule has 3 heteroatoms. The second kappa shape index (κ2) is 5.24. The van der Waals surface area contributed by atoms with E-state index in [1.54, 1.807) is 12.1 Å². The van der Waals surface area contributed by atoms with Gasteiger partial charge in [-0.05, 0) is 61.8 Å². The standard InChI is InChI=1S/C12H17NOS/c1-9(2)10(3)8-15(14)12-6-4-11(13)5-7-12/h4-7H,8,13H2,1-3H3/t15-/m1/s1. The van der Waals surface area contributed by atoms with E-state index < -0.39 is 11.2 Å². The van der Waals surface area contributed by atoms with Crippen LogP contribution >= 0.6 is 0 Å². The molecule has 0 amide bonds. The van der Waals surface area contributed by atoms with Crippen molar-refractivity contribution in [2.45, 2.75) is 25.7 Å². The minimum atomic E-state index is -0.956. The van der Waals surface area contributed by atoms with Crippen LogP contribution in [0.15, 0.2) is 40.3 Å². The largest absolute Gasteiger partial charge is 0.611 e. The highest BCUT2D eigenvalue weighted by Gasteiger charge is 2.11. The molecule has 0 unspecified atom stereocenters. The van der Waals surface area contributed by atoms with E-state index in [1.165, 1.54) is 11.1 Å². The maximum Gasteiger partial charge on any atom is 0.153 e. The van der Waals surface area contributed by atoms with E-state index in [-0.39, 0.29) is 0 Å². The molecule has 0 spiro atoms. The number of benzene rings is 1. The number of nitrogens with two attached hydrogens (primary N) is 1. The molecule has 0 saturated heterocycles. The van der Waals surface area contributed by atoms with Crippen LogP contribution in [0.1, 0.15) is 20.8 Å². The lowest BCUT2D eigenvalue weighted by Gasteiger charge is -2.11. The normalized spacial score (nSPS) is 12.3. The molecular formula is C12H17NOS. The molecule has 82 valence electrons. The Kier molecular flexibility index (Phi) is 4.24. The van der Waals surface area contributed by atoms with Crippen LogP contribution in [0.4, 0.5) is 5.69 Å². The lowest BCUT2D eigenvalue weighted by atomic mass is 10.2. The number of allylic oxidation sites excluding steroid dienone is 1. The maximum atomic E-state index is 11.9. The quantitative estimate of drug-likeness (QED) is 0.486. The average molecular weight is 223 g/mol. The minimum absolute atomic E-state index is 0.603. The van der Waals surface area contributed by atoms with Crippen molar-refractivity contribution >= 4 is 16.9 Å². The van der Waals surface area contributed by atoms with Crippen LogP contribution in [-0.2, 0) is 11.2 Å². The molecule has 1 aromatic carbocycles. The molecule has 0 radical (unpaired) electrons. The molecule has 15 heavy (non-hydrogen) atoms. The molecule has 2 nitrogen and oxygen atoms in total. The SMILES string of the molecule is CC(C)=C(C)C[S@@+]([O-])c1ccc(N)cc1. The Morgan fingerprint density at radius 2 is 1.73 bits per heavy atom. The second-order valence-corrected chi connectivity index (χ2v) is 5.29. The third-order valence-corrected chi connectivity index (χ3v) is 3.84. The third-order valence-electron chi connectivity index (χ3n) is 2.34. The summed E-state index contributed by atoms with van der Waals surface area (Å²) in [6, 6.07) is 7.21. The van der Waals surface area contributed by atoms with Gasteiger partial charge in [0.25, 0.3) is 0 Å². The van der Waals surface area contributed by atoms with E-state index in [2.05, 4.69) is 0 Å². The van der Waals surface area contributed by atoms with Crippen molar-refractivity contribution in [3.05, 3.63) is 35.4 Å². The lowest BCUT2D eigenvalue weighted by Crippen LogP contribution is -2.08. The van der Waals surface area contributed by atoms with Crippen LogP contribution in [0.25, 0.3) is 0 Å². The monoisotopic (exact) mass is 223 g/mol. The number of nitrogen functional groups attached to an aromatic ring is 1. The molecule has 0 saturated carbocycles. The van der Waals surface area contributed by atoms with Gasteiger partial charge in [0.1, 0.15) is 5.75 Å². The zero-order chi connectivity index (χ0) is 11.4. The summed E-state index contributed by atoms with van der Waals surface area (Å²) in [7, 11) is 0. The van der Waals surface area contributed by atoms with Crippen LogP contribution in [0.2, 0.25) is 0 Å². The van der Waals surface area contributed by atoms with Crippen molar-refractivity contribution < 1.29 is 4.55 Å². The summed E-state index contributed by atoms with van der Waals surface area (Å²) in [6.45, 7) is 6.09. The van der Waals surface area contributed by atoms with E-state index >= 15 is 0 Å². The van der Waals surface area contributed by atoms with Crippen LogP contribution in [0.5, 0.6) is 0 Å². The summed E-state index contributed by atoms with van der Waals surface area (Å²) in [4.78, 5) is 0.838. The Morgan fingerprint density at radius 1 is 1.20 bits per heavy atom. The summed E-state index contributed by atoms with van der Waals surface area (Å²) in [5.41, 5.74) is 8.69. The number of hydrogen-bond donors (Lipinski definition) is 1. The zero-order valence-corrected chi connectivity index (χ0v) is 10.2. The molecule has 1 atom stereocenters. The molecule has 0 heterocycles. The highest BCUT2D eigenvalue weighted by Crippen LogP contribution is 2.16. The predicted molar refractivity (Wildman–Crippen MR) is 66.2 cm³/mol. The van der Waals surface area contributed by atoms with E-state index in [4.69, 9.17) is 5.73 Å². The fraction of sp³-hybridized carbons (Fsp3) is 0.333. The summed E-state index contributed by atoms with van der Waals surface area (Å²) in [5.74, 6) is 0.603. The van der Waals surface area contributed by atoms with Crippen molar-refractivity contribution in [2.24, 2.45) is 0 Å². The van der Waals surface area contributed by atoms with Gasteiger partial charge in [-0.2, -0.15) is 0 Å². The number of anilines is 1. The smallest absolute Gasteiger partial charge is 0.153 e. The fourth-order valence-electron chi connectivity index (χ4n) is 1.04. The van der Waals surface area contributed by atoms with Gasteiger partial charge in [-0.1, -0.05) is 5.57 Å². The highest BCUT2D eigenvalue weighted by molar-refractivity contribution is 7.91. The Balaban J connectivity index is 2.73. The molecule has 0 fully saturated rings. The van der Waals surface area contributed by atoms with Crippen molar-refractivity contribution in [2.75, 3.05) is 11.5 Å². The maximum absolute atomic E-state index is 11.9. The van der Waals surface area contributed by atoms with Gasteiger partial charge in [0.15, 0.2) is 4.90 Å². The molecular weight excluding hydrogens is 206 g/mol. The van der Waals surface area contributed by atoms with Gasteiger partial charge in [-0.3, -0.25) is 0 Å². The van der Waals surface area contributed by atoms with Crippen molar-refractivity contribution in [1.82, 2.24) is 0 Å². The lowest BCUT2D eigenvalue weighted by molar-refractivity contribution is 0.597. The van der Waals surface area contributed by atoms with E-state index in [1.807, 2.05) is 32.9 Å². The van der Waals surface area contributed by atoms with E-state index in [0.717, 1.165) is 4.90 Å². The predicted octanol–water partition coefficient (Wildman–Crippen LogP) is 2.73. The van der Waals surface area contributed by atoms with E-state index in [9.17, 15) is 4.55 Å². The Labute approximate surface area is 94.4 Å². The first kappa shape index (κ1) is 12.1. The van der Waals surface area contributed by atoms with Gasteiger partial charge >= 0.3 is 0 Å². The second-order valence-electron chi connectivity index (χ2n) is 3.84. The number of rotatable bonds is 3. The fourth-order valence-corrected chi connectivity index (χ4v) is 2.33. The van der Waals surface area contributed by atoms with Crippen LogP contribution in [-0.4, -0.2) is 10.3 Å². The average Bonchev–Trinajstić information content (AvgIpc) is 2.18.